The van der Waals surface area contributed by atoms with Crippen LogP contribution < -0.4 is 60.0 Å². The van der Waals surface area contributed by atoms with E-state index < -0.39 is 0 Å². The summed E-state index contributed by atoms with van der Waals surface area (Å²) in [5, 5.41) is 6.81. The minimum absolute atomic E-state index is 0.195. The first-order valence-corrected chi connectivity index (χ1v) is 29.6. The topological polar surface area (TPSA) is 86.6 Å². The first kappa shape index (κ1) is 55.3. The summed E-state index contributed by atoms with van der Waals surface area (Å²) in [6, 6.07) is 57.0. The monoisotopic (exact) mass is 1130 g/mol. The van der Waals surface area contributed by atoms with Crippen LogP contribution in [0.25, 0.3) is 102 Å². The van der Waals surface area contributed by atoms with Crippen LogP contribution in [-0.2, 0) is 21.1 Å². The molecule has 14 heteroatoms. The van der Waals surface area contributed by atoms with E-state index in [1.54, 1.807) is 12.4 Å². The van der Waals surface area contributed by atoms with Crippen LogP contribution in [0.3, 0.4) is 0 Å². The highest BCUT2D eigenvalue weighted by Crippen LogP contribution is 2.31. The summed E-state index contributed by atoms with van der Waals surface area (Å²) in [5.74, 6) is 10.2. The van der Waals surface area contributed by atoms with E-state index in [0.29, 0.717) is 11.4 Å². The molecule has 11 nitrogen and oxygen atoms in total. The van der Waals surface area contributed by atoms with E-state index >= 15 is 0 Å². The number of anilines is 3. The van der Waals surface area contributed by atoms with Gasteiger partial charge in [0.15, 0.2) is 10.8 Å². The van der Waals surface area contributed by atoms with Crippen molar-refractivity contribution >= 4 is 106 Å². The van der Waals surface area contributed by atoms with Gasteiger partial charge < -0.3 is 13.3 Å². The first-order chi connectivity index (χ1) is 41.7. The van der Waals surface area contributed by atoms with Crippen molar-refractivity contribution in [1.29, 1.82) is 0 Å². The smallest absolute Gasteiger partial charge is 0.405 e. The second kappa shape index (κ2) is 22.6. The summed E-state index contributed by atoms with van der Waals surface area (Å²) in [6.07, 6.45) is 10.1. The van der Waals surface area contributed by atoms with Crippen LogP contribution in [0, 0.1) is 13.8 Å². The molecular formula is C72H68B3N8O3+3. The Morgan fingerprint density at radius 1 is 0.407 bits per heavy atom. The van der Waals surface area contributed by atoms with Crippen molar-refractivity contribution in [2.75, 3.05) is 14.4 Å². The van der Waals surface area contributed by atoms with Crippen molar-refractivity contribution in [3.63, 3.8) is 0 Å². The lowest BCUT2D eigenvalue weighted by atomic mass is 9.60. The molecule has 0 fully saturated rings. The summed E-state index contributed by atoms with van der Waals surface area (Å²) in [7, 11) is 6.32. The number of hydrogen-bond donors (Lipinski definition) is 0. The fourth-order valence-corrected chi connectivity index (χ4v) is 13.1. The molecule has 0 bridgehead atoms. The van der Waals surface area contributed by atoms with Crippen molar-refractivity contribution < 1.29 is 27.0 Å². The maximum absolute atomic E-state index is 6.15. The number of aryl methyl sites for hydroxylation is 5. The summed E-state index contributed by atoms with van der Waals surface area (Å²) in [6.45, 7) is 18.1. The van der Waals surface area contributed by atoms with E-state index in [2.05, 4.69) is 284 Å². The van der Waals surface area contributed by atoms with Crippen LogP contribution in [0.5, 0.6) is 0 Å². The summed E-state index contributed by atoms with van der Waals surface area (Å²) in [5.41, 5.74) is 18.5. The first-order valence-electron chi connectivity index (χ1n) is 29.6. The number of fused-ring (bicyclic) bond motifs is 9. The van der Waals surface area contributed by atoms with E-state index in [-0.39, 0.29) is 20.5 Å². The summed E-state index contributed by atoms with van der Waals surface area (Å²) < 4.78 is 25.0. The number of benzene rings is 4. The maximum Gasteiger partial charge on any atom is 0.405 e. The number of aromatic nitrogens is 5. The van der Waals surface area contributed by atoms with Gasteiger partial charge in [0.05, 0.1) is 50.6 Å². The Morgan fingerprint density at radius 3 is 1.48 bits per heavy atom. The van der Waals surface area contributed by atoms with E-state index in [4.69, 9.17) is 13.3 Å². The van der Waals surface area contributed by atoms with Crippen LogP contribution in [0.1, 0.15) is 31.9 Å². The molecule has 4 aromatic carbocycles. The van der Waals surface area contributed by atoms with Crippen LogP contribution in [0.2, 0.25) is 20.5 Å². The van der Waals surface area contributed by atoms with Crippen LogP contribution in [0.4, 0.5) is 17.5 Å². The molecule has 0 radical (unpaired) electrons. The largest absolute Gasteiger partial charge is 0.457 e. The normalized spacial score (nSPS) is 13.6. The Kier molecular flexibility index (Phi) is 14.5. The quantitative estimate of drug-likeness (QED) is 0.120. The Bertz CT molecular complexity index is 5030. The van der Waals surface area contributed by atoms with Gasteiger partial charge in [0.2, 0.25) is 11.4 Å². The van der Waals surface area contributed by atoms with Gasteiger partial charge in [-0.25, -0.2) is 23.7 Å². The van der Waals surface area contributed by atoms with Crippen LogP contribution in [-0.4, -0.2) is 30.5 Å². The molecule has 3 aliphatic heterocycles. The van der Waals surface area contributed by atoms with E-state index in [1.165, 1.54) is 66.6 Å². The van der Waals surface area contributed by atoms with Crippen molar-refractivity contribution in [2.45, 2.75) is 55.1 Å². The Hall–Kier alpha value is -9.94. The highest BCUT2D eigenvalue weighted by Gasteiger charge is 2.37. The van der Waals surface area contributed by atoms with Crippen molar-refractivity contribution in [2.24, 2.45) is 21.1 Å². The molecule has 0 amide bonds. The zero-order chi connectivity index (χ0) is 59.5. The maximum atomic E-state index is 6.15. The molecule has 86 heavy (non-hydrogen) atoms. The number of furan rings is 3. The van der Waals surface area contributed by atoms with Crippen LogP contribution >= 0.6 is 0 Å². The zero-order valence-electron chi connectivity index (χ0n) is 50.7. The molecule has 0 unspecified atom stereocenters. The molecule has 0 saturated heterocycles. The van der Waals surface area contributed by atoms with Crippen molar-refractivity contribution in [3.05, 3.63) is 238 Å². The summed E-state index contributed by atoms with van der Waals surface area (Å²) >= 11 is 0. The molecule has 15 rings (SSSR count). The van der Waals surface area contributed by atoms with Gasteiger partial charge in [-0.3, -0.25) is 14.4 Å². The lowest BCUT2D eigenvalue weighted by Gasteiger charge is -2.24. The second-order valence-electron chi connectivity index (χ2n) is 23.0. The Morgan fingerprint density at radius 2 is 0.884 bits per heavy atom. The average molecular weight is 1130 g/mol. The number of pyridine rings is 5. The predicted octanol–water partition coefficient (Wildman–Crippen LogP) is 9.95. The molecule has 3 aliphatic rings. The summed E-state index contributed by atoms with van der Waals surface area (Å²) in [4.78, 5) is 15.9. The van der Waals surface area contributed by atoms with Gasteiger partial charge in [0, 0.05) is 62.8 Å². The molecule has 0 saturated carbocycles. The van der Waals surface area contributed by atoms with E-state index in [9.17, 15) is 0 Å². The molecular weight excluding hydrogens is 1060 g/mol. The van der Waals surface area contributed by atoms with Gasteiger partial charge in [0.25, 0.3) is 17.5 Å². The highest BCUT2D eigenvalue weighted by atomic mass is 16.3. The van der Waals surface area contributed by atoms with Gasteiger partial charge in [0.1, 0.15) is 22.4 Å². The standard InChI is InChI=1S/C25H24BN2O.C24H23BN3O.C23H21BN3O/c1-17-14-24(27(4)16-21(17)19-10-6-5-7-11-19)28-18(2)25-20-12-8-9-13-22(20)29-23(25)15-26(28)3;1-16-15-27(4)22(13-20(16)18-9-6-5-7-10-18)28-17(2)23-21(14-25(28)3)19-11-8-12-26-24(19)29-23;1-16-22-20(19-10-7-12-25-23(19)28-22)15-24(2)27(16)21-14-18(11-13-26(21)3)17-8-5-4-6-9-17/h5-16H,1-4H3;5-15H,1-4H3;4-15H,1-3H3/q3*+1. The number of hydrogen-bond acceptors (Lipinski definition) is 8. The lowest BCUT2D eigenvalue weighted by Crippen LogP contribution is -2.50. The minimum atomic E-state index is 0.195. The number of nitrogens with zero attached hydrogens (tertiary/aromatic N) is 8. The Labute approximate surface area is 502 Å². The third-order valence-electron chi connectivity index (χ3n) is 17.2. The number of para-hydroxylation sites is 1. The predicted molar refractivity (Wildman–Crippen MR) is 354 cm³/mol. The molecule has 0 spiro atoms. The molecule has 12 aromatic rings. The second-order valence-corrected chi connectivity index (χ2v) is 23.0. The molecule has 0 aliphatic carbocycles. The minimum Gasteiger partial charge on any atom is -0.457 e. The Balaban J connectivity index is 0.000000120. The average Bonchev–Trinajstić information content (AvgIpc) is 1.69. The van der Waals surface area contributed by atoms with Gasteiger partial charge >= 0.3 is 20.5 Å². The number of rotatable bonds is 6. The van der Waals surface area contributed by atoms with Crippen molar-refractivity contribution in [3.8, 4) is 33.4 Å². The molecule has 11 heterocycles. The van der Waals surface area contributed by atoms with E-state index in [1.807, 2.05) is 30.3 Å². The van der Waals surface area contributed by atoms with Crippen molar-refractivity contribution in [1.82, 2.24) is 9.97 Å². The molecule has 8 aromatic heterocycles. The third-order valence-corrected chi connectivity index (χ3v) is 17.2. The SMILES string of the molecule is CB1C=c2c(oc3ncccc23)=C(C)N1c1cc(-c2ccccc2)c(C)c[n+]1C.CB1C=c2c(oc3ncccc23)=C(C)N1c1cc(-c2ccccc2)cc[n+]1C.CB1C=c2oc3ccccc3c2=C(C)N1c1cc(C)c(-c2ccccc2)c[n+]1C. The fraction of sp³-hybridized carbons (Fsp3) is 0.153. The van der Waals surface area contributed by atoms with Gasteiger partial charge in [-0.1, -0.05) is 121 Å². The van der Waals surface area contributed by atoms with Gasteiger partial charge in [-0.15, -0.1) is 0 Å². The van der Waals surface area contributed by atoms with Crippen LogP contribution in [0.15, 0.2) is 208 Å². The van der Waals surface area contributed by atoms with Gasteiger partial charge in [-0.05, 0) is 136 Å². The lowest BCUT2D eigenvalue weighted by molar-refractivity contribution is -0.658. The highest BCUT2D eigenvalue weighted by molar-refractivity contribution is 6.78. The molecule has 0 N–H and O–H groups in total. The third kappa shape index (κ3) is 9.88. The zero-order valence-corrected chi connectivity index (χ0v) is 50.7. The van der Waals surface area contributed by atoms with Gasteiger partial charge in [-0.2, -0.15) is 0 Å². The molecule has 420 valence electrons. The molecule has 0 atom stereocenters. The fourth-order valence-electron chi connectivity index (χ4n) is 13.1. The van der Waals surface area contributed by atoms with E-state index in [0.717, 1.165) is 66.1 Å².